The third kappa shape index (κ3) is 5.43. The molecular weight excluding hydrogens is 451 g/mol. The van der Waals surface area contributed by atoms with Crippen LogP contribution < -0.4 is 62.2 Å². The number of aliphatic hydroxyl groups excluding tert-OH is 1. The molecule has 0 bridgehead atoms. The van der Waals surface area contributed by atoms with Crippen molar-refractivity contribution in [2.45, 2.75) is 24.5 Å². The zero-order valence-corrected chi connectivity index (χ0v) is 19.1. The van der Waals surface area contributed by atoms with E-state index >= 15 is 0 Å². The molecule has 1 saturated heterocycles. The number of imidazole rings is 1. The fourth-order valence-corrected chi connectivity index (χ4v) is 4.06. The molecule has 0 aliphatic carbocycles. The maximum absolute atomic E-state index is 12.2. The van der Waals surface area contributed by atoms with Gasteiger partial charge in [-0.25, -0.2) is 24.1 Å². The average Bonchev–Trinajstić information content (AvgIpc) is 3.07. The number of aromatic nitrogens is 4. The van der Waals surface area contributed by atoms with E-state index in [2.05, 4.69) is 23.8 Å². The summed E-state index contributed by atoms with van der Waals surface area (Å²) in [6.07, 6.45) is -3.78. The van der Waals surface area contributed by atoms with Crippen LogP contribution in [0.5, 0.6) is 0 Å². The minimum atomic E-state index is -5.30. The summed E-state index contributed by atoms with van der Waals surface area (Å²) >= 11 is 0. The minimum Gasteiger partial charge on any atom is -0.848 e. The third-order valence-electron chi connectivity index (χ3n) is 3.58. The second kappa shape index (κ2) is 9.09. The van der Waals surface area contributed by atoms with Gasteiger partial charge >= 0.3 is 67.0 Å². The second-order valence-electron chi connectivity index (χ2n) is 5.44. The zero-order valence-electron chi connectivity index (χ0n) is 14.2. The number of nitrogens with two attached hydrogens (primary N) is 1. The first-order chi connectivity index (χ1) is 12.5. The van der Waals surface area contributed by atoms with Gasteiger partial charge in [0.15, 0.2) is 17.7 Å². The van der Waals surface area contributed by atoms with Crippen LogP contribution in [-0.4, -0.2) is 64.2 Å². The summed E-state index contributed by atoms with van der Waals surface area (Å²) in [7, 11) is -10.5. The number of fused-ring (bicyclic) bond motifs is 1. The van der Waals surface area contributed by atoms with Gasteiger partial charge in [0.05, 0.1) is 25.1 Å². The van der Waals surface area contributed by atoms with Crippen LogP contribution in [0, 0.1) is 0 Å². The van der Waals surface area contributed by atoms with Crippen LogP contribution in [0.2, 0.25) is 0 Å². The molecule has 0 spiro atoms. The Morgan fingerprint density at radius 1 is 1.29 bits per heavy atom. The van der Waals surface area contributed by atoms with Crippen LogP contribution in [0.3, 0.4) is 0 Å². The van der Waals surface area contributed by atoms with Crippen LogP contribution in [0.4, 0.5) is 5.82 Å². The topological polar surface area (TPSA) is 235 Å². The molecule has 18 heteroatoms. The van der Waals surface area contributed by atoms with Crippen molar-refractivity contribution in [2.75, 3.05) is 12.3 Å². The number of rotatable bonds is 6. The van der Waals surface area contributed by atoms with E-state index in [0.717, 1.165) is 6.33 Å². The summed E-state index contributed by atoms with van der Waals surface area (Å²) in [5.41, 5.74) is 6.05. The number of hydrogen-bond donors (Lipinski definition) is 5. The molecule has 2 aromatic heterocycles. The van der Waals surface area contributed by atoms with Crippen molar-refractivity contribution in [3.8, 4) is 0 Å². The molecule has 0 amide bonds. The normalized spacial score (nSPS) is 27.5. The van der Waals surface area contributed by atoms with Gasteiger partial charge in [-0.1, -0.05) is 6.10 Å². The van der Waals surface area contributed by atoms with Gasteiger partial charge in [0.25, 0.3) is 0 Å². The predicted octanol–water partition coefficient (Wildman–Crippen LogP) is -5.37. The number of phosphoric ester groups is 1. The maximum atomic E-state index is 12.2. The molecule has 0 aromatic carbocycles. The quantitative estimate of drug-likeness (QED) is 0.198. The first-order valence-electron chi connectivity index (χ1n) is 7.15. The number of nitrogen functional groups attached to an aromatic ring is 1. The number of nitrogens with zero attached hydrogens (tertiary/aromatic N) is 4. The smallest absolute Gasteiger partial charge is 0.848 e. The number of ether oxygens (including phenoxy) is 1. The fourth-order valence-electron chi connectivity index (χ4n) is 2.47. The Labute approximate surface area is 199 Å². The van der Waals surface area contributed by atoms with E-state index in [1.807, 2.05) is 0 Å². The molecule has 2 aromatic rings. The minimum absolute atomic E-state index is 0. The molecule has 5 unspecified atom stereocenters. The Bertz CT molecular complexity index is 938. The first-order valence-corrected chi connectivity index (χ1v) is 10.2. The van der Waals surface area contributed by atoms with E-state index in [4.69, 9.17) is 20.3 Å². The average molecular weight is 465 g/mol. The molecule has 15 nitrogen and oxygen atoms in total. The predicted molar refractivity (Wildman–Crippen MR) is 82.3 cm³/mol. The van der Waals surface area contributed by atoms with E-state index in [-0.39, 0.29) is 68.4 Å². The van der Waals surface area contributed by atoms with Crippen molar-refractivity contribution in [1.29, 1.82) is 0 Å². The van der Waals surface area contributed by atoms with Gasteiger partial charge in [-0.3, -0.25) is 9.09 Å². The Morgan fingerprint density at radius 2 is 1.96 bits per heavy atom. The molecule has 3 heterocycles. The van der Waals surface area contributed by atoms with Crippen LogP contribution in [0.1, 0.15) is 6.23 Å². The van der Waals surface area contributed by atoms with E-state index in [1.165, 1.54) is 10.9 Å². The monoisotopic (exact) mass is 465 g/mol. The number of anilines is 1. The fraction of sp³-hybridized carbons (Fsp3) is 0.500. The Morgan fingerprint density at radius 3 is 2.61 bits per heavy atom. The molecule has 28 heavy (non-hydrogen) atoms. The third-order valence-corrected chi connectivity index (χ3v) is 5.73. The zero-order chi connectivity index (χ0) is 20.0. The van der Waals surface area contributed by atoms with Crippen molar-refractivity contribution in [3.63, 3.8) is 0 Å². The van der Waals surface area contributed by atoms with Crippen LogP contribution in [-0.2, 0) is 22.7 Å². The van der Waals surface area contributed by atoms with Crippen molar-refractivity contribution >= 4 is 32.6 Å². The van der Waals surface area contributed by atoms with Gasteiger partial charge < -0.3 is 35.4 Å². The van der Waals surface area contributed by atoms with Gasteiger partial charge in [-0.2, -0.15) is 4.31 Å². The van der Waals surface area contributed by atoms with Crippen molar-refractivity contribution < 1.29 is 99.0 Å². The summed E-state index contributed by atoms with van der Waals surface area (Å²) in [5, 5.41) is 22.3. The molecule has 6 N–H and O–H groups in total. The SMILES string of the molecule is Nc1ncnc2c1ncn2C1OC(COP(=O)(O)OP(=O)(O)O)C([O-])C1O.[K+]. The summed E-state index contributed by atoms with van der Waals surface area (Å²) in [5.74, 6) is 0.0700. The van der Waals surface area contributed by atoms with Gasteiger partial charge in [0.2, 0.25) is 0 Å². The van der Waals surface area contributed by atoms with Crippen LogP contribution in [0.15, 0.2) is 12.7 Å². The molecule has 1 fully saturated rings. The summed E-state index contributed by atoms with van der Waals surface area (Å²) in [6.45, 7) is -0.876. The van der Waals surface area contributed by atoms with E-state index in [0.29, 0.717) is 0 Å². The molecule has 1 aliphatic rings. The van der Waals surface area contributed by atoms with Crippen molar-refractivity contribution in [2.24, 2.45) is 0 Å². The molecular formula is C10H14KN5O10P2. The number of phosphoric acid groups is 2. The van der Waals surface area contributed by atoms with E-state index < -0.39 is 46.8 Å². The Hall–Kier alpha value is 0.126. The first kappa shape index (κ1) is 24.4. The summed E-state index contributed by atoms with van der Waals surface area (Å²) in [6, 6.07) is 0. The van der Waals surface area contributed by atoms with Gasteiger partial charge in [-0.05, 0) is 0 Å². The van der Waals surface area contributed by atoms with E-state index in [9.17, 15) is 24.2 Å². The summed E-state index contributed by atoms with van der Waals surface area (Å²) in [4.78, 5) is 38.0. The van der Waals surface area contributed by atoms with E-state index in [1.54, 1.807) is 0 Å². The summed E-state index contributed by atoms with van der Waals surface area (Å²) < 4.78 is 36.6. The van der Waals surface area contributed by atoms with Crippen molar-refractivity contribution in [3.05, 3.63) is 12.7 Å². The molecule has 5 atom stereocenters. The maximum Gasteiger partial charge on any atom is 1.00 e. The second-order valence-corrected chi connectivity index (χ2v) is 8.27. The largest absolute Gasteiger partial charge is 1.00 e. The molecule has 3 rings (SSSR count). The molecule has 0 radical (unpaired) electrons. The standard InChI is InChI=1S/C10H14N5O10P2.K/c11-8-5-9(13-2-12-8)15(3-14-5)10-7(17)6(16)4(24-10)1-23-27(21,22)25-26(18,19)20;/h2-4,6-7,10,17H,1H2,(H,21,22)(H2,11,12,13)(H2,18,19,20);/q-1;+1. The van der Waals surface area contributed by atoms with Gasteiger partial charge in [0.1, 0.15) is 11.8 Å². The van der Waals surface area contributed by atoms with Crippen LogP contribution >= 0.6 is 15.6 Å². The molecule has 0 saturated carbocycles. The van der Waals surface area contributed by atoms with Crippen molar-refractivity contribution in [1.82, 2.24) is 19.5 Å². The molecule has 1 aliphatic heterocycles. The Balaban J connectivity index is 0.00000280. The van der Waals surface area contributed by atoms with Crippen LogP contribution in [0.25, 0.3) is 11.2 Å². The Kier molecular flexibility index (Phi) is 7.92. The molecule has 150 valence electrons. The van der Waals surface area contributed by atoms with Gasteiger partial charge in [-0.15, -0.1) is 0 Å². The number of aliphatic hydroxyl groups is 1. The number of hydrogen-bond acceptors (Lipinski definition) is 11. The van der Waals surface area contributed by atoms with Gasteiger partial charge in [0, 0.05) is 0 Å².